The second-order valence-corrected chi connectivity index (χ2v) is 10.9. The van der Waals surface area contributed by atoms with Crippen LogP contribution in [0.4, 0.5) is 22.0 Å². The summed E-state index contributed by atoms with van der Waals surface area (Å²) in [7, 11) is -5.84. The first-order chi connectivity index (χ1) is 19.8. The van der Waals surface area contributed by atoms with Crippen molar-refractivity contribution in [3.05, 3.63) is 126 Å². The van der Waals surface area contributed by atoms with Crippen molar-refractivity contribution in [2.24, 2.45) is 0 Å². The summed E-state index contributed by atoms with van der Waals surface area (Å²) in [6.07, 6.45) is 0.777. The highest BCUT2D eigenvalue weighted by atomic mass is 32.2. The molecule has 42 heavy (non-hydrogen) atoms. The SMILES string of the molecule is O=S(=O)(O)C(F)(F)F.Oc1ccc(-c2c3c(cc(-c4ccc(F)cc4)c2-c2ccc(F)cc2)-c2ccccc2C3)cc1. The fraction of sp³-hybridized carbons (Fsp3) is 0.0625. The van der Waals surface area contributed by atoms with Crippen LogP contribution in [0.5, 0.6) is 5.75 Å². The largest absolute Gasteiger partial charge is 0.522 e. The van der Waals surface area contributed by atoms with E-state index in [0.29, 0.717) is 0 Å². The molecule has 0 atom stereocenters. The van der Waals surface area contributed by atoms with Gasteiger partial charge in [-0.05, 0) is 105 Å². The van der Waals surface area contributed by atoms with Gasteiger partial charge in [0, 0.05) is 0 Å². The molecule has 214 valence electrons. The van der Waals surface area contributed by atoms with Gasteiger partial charge < -0.3 is 5.11 Å². The van der Waals surface area contributed by atoms with Crippen molar-refractivity contribution in [1.82, 2.24) is 0 Å². The summed E-state index contributed by atoms with van der Waals surface area (Å²) in [5, 5.41) is 9.94. The molecule has 0 aromatic heterocycles. The second kappa shape index (κ2) is 11.0. The number of benzene rings is 5. The van der Waals surface area contributed by atoms with Crippen LogP contribution in [0.3, 0.4) is 0 Å². The first-order valence-electron chi connectivity index (χ1n) is 12.5. The third kappa shape index (κ3) is 5.77. The van der Waals surface area contributed by atoms with E-state index in [4.69, 9.17) is 13.0 Å². The topological polar surface area (TPSA) is 74.6 Å². The van der Waals surface area contributed by atoms with Gasteiger partial charge in [-0.3, -0.25) is 4.55 Å². The maximum atomic E-state index is 13.9. The van der Waals surface area contributed by atoms with Crippen molar-refractivity contribution in [3.8, 4) is 50.3 Å². The molecule has 1 aliphatic carbocycles. The molecule has 0 aliphatic heterocycles. The van der Waals surface area contributed by atoms with Crippen molar-refractivity contribution in [2.75, 3.05) is 0 Å². The van der Waals surface area contributed by atoms with Gasteiger partial charge >= 0.3 is 15.6 Å². The predicted octanol–water partition coefficient (Wildman–Crippen LogP) is 8.64. The molecular weight excluding hydrogens is 575 g/mol. The summed E-state index contributed by atoms with van der Waals surface area (Å²) in [4.78, 5) is 0. The summed E-state index contributed by atoms with van der Waals surface area (Å²) in [5.74, 6) is -0.397. The molecule has 0 unspecified atom stereocenters. The Kier molecular flexibility index (Phi) is 7.61. The molecule has 6 rings (SSSR count). The molecule has 0 saturated carbocycles. The standard InChI is InChI=1S/C31H20F2O.CHF3O3S/c32-23-11-5-19(6-12-23)27-18-28-26-4-2-1-3-22(26)17-29(28)31(21-9-15-25(34)16-10-21)30(27)20-7-13-24(33)14-8-20;2-1(3,4)8(5,6)7/h1-16,18,34H,17H2;(H,5,6,7). The van der Waals surface area contributed by atoms with E-state index in [1.807, 2.05) is 24.3 Å². The van der Waals surface area contributed by atoms with Gasteiger partial charge in [0.15, 0.2) is 0 Å². The van der Waals surface area contributed by atoms with Crippen LogP contribution in [0, 0.1) is 11.6 Å². The van der Waals surface area contributed by atoms with Crippen LogP contribution in [0.1, 0.15) is 11.1 Å². The molecule has 4 nitrogen and oxygen atoms in total. The summed E-state index contributed by atoms with van der Waals surface area (Å²) < 4.78 is 85.2. The third-order valence-electron chi connectivity index (χ3n) is 6.85. The second-order valence-electron chi connectivity index (χ2n) is 9.52. The van der Waals surface area contributed by atoms with Crippen LogP contribution in [0.2, 0.25) is 0 Å². The quantitative estimate of drug-likeness (QED) is 0.122. The lowest BCUT2D eigenvalue weighted by atomic mass is 9.82. The zero-order chi connectivity index (χ0) is 30.2. The minimum absolute atomic E-state index is 0.196. The van der Waals surface area contributed by atoms with E-state index in [0.717, 1.165) is 45.4 Å². The molecule has 0 heterocycles. The molecule has 0 bridgehead atoms. The van der Waals surface area contributed by atoms with Crippen LogP contribution in [-0.4, -0.2) is 23.6 Å². The van der Waals surface area contributed by atoms with E-state index in [1.54, 1.807) is 36.4 Å². The highest BCUT2D eigenvalue weighted by Gasteiger charge is 2.44. The first-order valence-corrected chi connectivity index (χ1v) is 13.9. The highest BCUT2D eigenvalue weighted by molar-refractivity contribution is 7.86. The lowest BCUT2D eigenvalue weighted by Gasteiger charge is -2.21. The number of phenolic OH excluding ortho intramolecular Hbond substituents is 1. The number of hydrogen-bond donors (Lipinski definition) is 2. The summed E-state index contributed by atoms with van der Waals surface area (Å²) in [5.41, 5.74) is 4.91. The van der Waals surface area contributed by atoms with Gasteiger partial charge in [0.2, 0.25) is 0 Å². The van der Waals surface area contributed by atoms with E-state index in [1.165, 1.54) is 41.0 Å². The first kappa shape index (κ1) is 29.0. The Morgan fingerprint density at radius 1 is 0.619 bits per heavy atom. The molecule has 2 N–H and O–H groups in total. The monoisotopic (exact) mass is 596 g/mol. The number of rotatable bonds is 3. The van der Waals surface area contributed by atoms with E-state index in [2.05, 4.69) is 18.2 Å². The Balaban J connectivity index is 0.000000390. The fourth-order valence-electron chi connectivity index (χ4n) is 5.00. The zero-order valence-electron chi connectivity index (χ0n) is 21.5. The summed E-state index contributed by atoms with van der Waals surface area (Å²) in [6, 6.07) is 30.7. The maximum absolute atomic E-state index is 13.9. The molecule has 0 amide bonds. The number of hydrogen-bond acceptors (Lipinski definition) is 3. The minimum Gasteiger partial charge on any atom is -0.508 e. The van der Waals surface area contributed by atoms with E-state index in [9.17, 15) is 27.1 Å². The molecule has 1 aliphatic rings. The van der Waals surface area contributed by atoms with Crippen molar-refractivity contribution >= 4 is 10.1 Å². The Labute approximate surface area is 238 Å². The number of aromatic hydroxyl groups is 1. The van der Waals surface area contributed by atoms with Crippen molar-refractivity contribution in [1.29, 1.82) is 0 Å². The molecule has 10 heteroatoms. The fourth-order valence-corrected chi connectivity index (χ4v) is 5.00. The van der Waals surface area contributed by atoms with Crippen molar-refractivity contribution in [3.63, 3.8) is 0 Å². The molecule has 0 spiro atoms. The molecular formula is C32H21F5O4S. The number of halogens is 5. The molecule has 5 aromatic rings. The third-order valence-corrected chi connectivity index (χ3v) is 7.43. The minimum atomic E-state index is -5.84. The van der Waals surface area contributed by atoms with Crippen molar-refractivity contribution < 1.29 is 40.0 Å². The average Bonchev–Trinajstić information content (AvgIpc) is 3.31. The highest BCUT2D eigenvalue weighted by Crippen LogP contribution is 2.50. The van der Waals surface area contributed by atoms with Gasteiger partial charge in [0.1, 0.15) is 17.4 Å². The van der Waals surface area contributed by atoms with Gasteiger partial charge in [-0.15, -0.1) is 0 Å². The normalized spacial score (nSPS) is 12.2. The Morgan fingerprint density at radius 3 is 1.64 bits per heavy atom. The Hall–Kier alpha value is -4.54. The van der Waals surface area contributed by atoms with Crippen LogP contribution in [0.25, 0.3) is 44.5 Å². The number of phenols is 1. The van der Waals surface area contributed by atoms with Crippen LogP contribution < -0.4 is 0 Å². The maximum Gasteiger partial charge on any atom is 0.522 e. The summed E-state index contributed by atoms with van der Waals surface area (Å²) >= 11 is 0. The molecule has 0 fully saturated rings. The molecule has 0 saturated heterocycles. The van der Waals surface area contributed by atoms with Gasteiger partial charge in [-0.2, -0.15) is 21.6 Å². The molecule has 0 radical (unpaired) electrons. The average molecular weight is 597 g/mol. The van der Waals surface area contributed by atoms with E-state index in [-0.39, 0.29) is 17.4 Å². The number of fused-ring (bicyclic) bond motifs is 3. The van der Waals surface area contributed by atoms with Crippen LogP contribution in [0.15, 0.2) is 103 Å². The zero-order valence-corrected chi connectivity index (χ0v) is 22.3. The van der Waals surface area contributed by atoms with Crippen molar-refractivity contribution in [2.45, 2.75) is 11.9 Å². The Bertz CT molecular complexity index is 1870. The smallest absolute Gasteiger partial charge is 0.508 e. The van der Waals surface area contributed by atoms with Gasteiger partial charge in [-0.1, -0.05) is 60.7 Å². The van der Waals surface area contributed by atoms with Crippen LogP contribution in [-0.2, 0) is 16.5 Å². The van der Waals surface area contributed by atoms with Gasteiger partial charge in [0.05, 0.1) is 0 Å². The van der Waals surface area contributed by atoms with E-state index < -0.39 is 15.6 Å². The van der Waals surface area contributed by atoms with Crippen LogP contribution >= 0.6 is 0 Å². The Morgan fingerprint density at radius 2 is 1.10 bits per heavy atom. The van der Waals surface area contributed by atoms with Gasteiger partial charge in [0.25, 0.3) is 0 Å². The van der Waals surface area contributed by atoms with E-state index >= 15 is 0 Å². The van der Waals surface area contributed by atoms with Gasteiger partial charge in [-0.25, -0.2) is 8.78 Å². The lowest BCUT2D eigenvalue weighted by Crippen LogP contribution is -2.21. The molecule has 5 aromatic carbocycles. The predicted molar refractivity (Wildman–Crippen MR) is 150 cm³/mol. The number of alkyl halides is 3. The summed E-state index contributed by atoms with van der Waals surface area (Å²) in [6.45, 7) is 0. The lowest BCUT2D eigenvalue weighted by molar-refractivity contribution is -0.0510.